The fourth-order valence-corrected chi connectivity index (χ4v) is 2.20. The van der Waals surface area contributed by atoms with Gasteiger partial charge in [-0.2, -0.15) is 0 Å². The van der Waals surface area contributed by atoms with E-state index in [0.29, 0.717) is 0 Å². The number of aryl methyl sites for hydroxylation is 1. The molecule has 1 aliphatic rings. The van der Waals surface area contributed by atoms with Crippen LogP contribution in [0.15, 0.2) is 53.7 Å². The van der Waals surface area contributed by atoms with Crippen LogP contribution < -0.4 is 0 Å². The predicted molar refractivity (Wildman–Crippen MR) is 69.8 cm³/mol. The van der Waals surface area contributed by atoms with Gasteiger partial charge in [-0.05, 0) is 43.0 Å². The average molecular weight is 222 g/mol. The van der Waals surface area contributed by atoms with Crippen LogP contribution in [0.4, 0.5) is 5.69 Å². The molecule has 0 aliphatic carbocycles. The van der Waals surface area contributed by atoms with E-state index in [4.69, 9.17) is 4.99 Å². The van der Waals surface area contributed by atoms with E-state index < -0.39 is 0 Å². The summed E-state index contributed by atoms with van der Waals surface area (Å²) in [5.74, 6) is 0. The zero-order chi connectivity index (χ0) is 11.5. The highest BCUT2D eigenvalue weighted by atomic mass is 14.8. The Morgan fingerprint density at radius 2 is 1.76 bits per heavy atom. The normalized spacial score (nSPS) is 14.7. The summed E-state index contributed by atoms with van der Waals surface area (Å²) in [5.41, 5.74) is 4.56. The molecule has 0 saturated heterocycles. The minimum atomic E-state index is 1.00. The van der Waals surface area contributed by atoms with Crippen LogP contribution in [0, 0.1) is 0 Å². The van der Waals surface area contributed by atoms with Gasteiger partial charge in [0.15, 0.2) is 0 Å². The van der Waals surface area contributed by atoms with Gasteiger partial charge in [-0.25, -0.2) is 0 Å². The van der Waals surface area contributed by atoms with Crippen molar-refractivity contribution in [2.75, 3.05) is 0 Å². The van der Waals surface area contributed by atoms with E-state index in [9.17, 15) is 0 Å². The summed E-state index contributed by atoms with van der Waals surface area (Å²) in [5, 5.41) is 0. The molecule has 2 heterocycles. The van der Waals surface area contributed by atoms with Crippen molar-refractivity contribution in [3.63, 3.8) is 0 Å². The van der Waals surface area contributed by atoms with Crippen LogP contribution in [0.2, 0.25) is 0 Å². The van der Waals surface area contributed by atoms with Crippen molar-refractivity contribution in [3.05, 3.63) is 59.9 Å². The Morgan fingerprint density at radius 1 is 0.882 bits per heavy atom. The third-order valence-electron chi connectivity index (χ3n) is 3.07. The second kappa shape index (κ2) is 4.50. The molecule has 1 aromatic carbocycles. The predicted octanol–water partition coefficient (Wildman–Crippen LogP) is 3.54. The summed E-state index contributed by atoms with van der Waals surface area (Å²) in [6.45, 7) is 0. The largest absolute Gasteiger partial charge is 0.255 e. The smallest absolute Gasteiger partial charge is 0.0844 e. The molecule has 3 rings (SSSR count). The molecule has 0 amide bonds. The van der Waals surface area contributed by atoms with E-state index in [1.807, 2.05) is 30.5 Å². The van der Waals surface area contributed by atoms with E-state index >= 15 is 0 Å². The highest BCUT2D eigenvalue weighted by Gasteiger charge is 2.11. The number of fused-ring (bicyclic) bond motifs is 1. The van der Waals surface area contributed by atoms with Gasteiger partial charge in [-0.1, -0.05) is 24.3 Å². The van der Waals surface area contributed by atoms with Gasteiger partial charge in [0.2, 0.25) is 0 Å². The van der Waals surface area contributed by atoms with Gasteiger partial charge in [-0.15, -0.1) is 0 Å². The summed E-state index contributed by atoms with van der Waals surface area (Å²) in [6, 6.07) is 14.4. The topological polar surface area (TPSA) is 25.2 Å². The number of hydrogen-bond acceptors (Lipinski definition) is 2. The molecule has 2 nitrogen and oxygen atoms in total. The molecular weight excluding hydrogens is 208 g/mol. The lowest BCUT2D eigenvalue weighted by Crippen LogP contribution is -2.01. The van der Waals surface area contributed by atoms with E-state index in [1.54, 1.807) is 0 Å². The maximum absolute atomic E-state index is 4.76. The van der Waals surface area contributed by atoms with Gasteiger partial charge in [0.25, 0.3) is 0 Å². The summed E-state index contributed by atoms with van der Waals surface area (Å²) in [6.07, 6.45) is 5.09. The van der Waals surface area contributed by atoms with Crippen molar-refractivity contribution in [2.24, 2.45) is 4.99 Å². The van der Waals surface area contributed by atoms with Crippen molar-refractivity contribution in [2.45, 2.75) is 19.3 Å². The van der Waals surface area contributed by atoms with Gasteiger partial charge >= 0.3 is 0 Å². The van der Waals surface area contributed by atoms with Crippen molar-refractivity contribution in [1.29, 1.82) is 0 Å². The second-order valence-electron chi connectivity index (χ2n) is 4.26. The number of aromatic nitrogens is 1. The molecule has 84 valence electrons. The summed E-state index contributed by atoms with van der Waals surface area (Å²) in [7, 11) is 0. The third-order valence-corrected chi connectivity index (χ3v) is 3.07. The van der Waals surface area contributed by atoms with Crippen molar-refractivity contribution in [1.82, 2.24) is 4.98 Å². The van der Waals surface area contributed by atoms with Gasteiger partial charge in [-0.3, -0.25) is 9.98 Å². The number of rotatable bonds is 1. The first-order chi connectivity index (χ1) is 8.43. The third kappa shape index (κ3) is 2.11. The zero-order valence-corrected chi connectivity index (χ0v) is 9.63. The quantitative estimate of drug-likeness (QED) is 0.724. The maximum atomic E-state index is 4.76. The highest BCUT2D eigenvalue weighted by Crippen LogP contribution is 2.25. The number of aliphatic imine (C=N–C) groups is 1. The lowest BCUT2D eigenvalue weighted by atomic mass is 10.1. The van der Waals surface area contributed by atoms with Gasteiger partial charge in [0, 0.05) is 6.20 Å². The molecular formula is C15H14N2. The van der Waals surface area contributed by atoms with Gasteiger partial charge in [0.1, 0.15) is 0 Å². The summed E-state index contributed by atoms with van der Waals surface area (Å²) < 4.78 is 0. The molecule has 0 radical (unpaired) electrons. The highest BCUT2D eigenvalue weighted by molar-refractivity contribution is 6.00. The van der Waals surface area contributed by atoms with Crippen LogP contribution in [-0.2, 0) is 6.42 Å². The molecule has 17 heavy (non-hydrogen) atoms. The Balaban J connectivity index is 2.05. The van der Waals surface area contributed by atoms with Crippen LogP contribution in [0.25, 0.3) is 0 Å². The zero-order valence-electron chi connectivity index (χ0n) is 9.63. The molecule has 1 aromatic heterocycles. The summed E-state index contributed by atoms with van der Waals surface area (Å²) in [4.78, 5) is 9.15. The Hall–Kier alpha value is -1.96. The molecule has 0 spiro atoms. The molecule has 0 bridgehead atoms. The Bertz CT molecular complexity index is 544. The lowest BCUT2D eigenvalue weighted by Gasteiger charge is -2.02. The van der Waals surface area contributed by atoms with Crippen LogP contribution in [-0.4, -0.2) is 10.7 Å². The molecule has 2 heteroatoms. The molecule has 0 fully saturated rings. The average Bonchev–Trinajstić information content (AvgIpc) is 2.62. The number of benzene rings is 1. The molecule has 0 unspecified atom stereocenters. The minimum Gasteiger partial charge on any atom is -0.255 e. The van der Waals surface area contributed by atoms with Crippen LogP contribution >= 0.6 is 0 Å². The number of nitrogens with zero attached hydrogens (tertiary/aromatic N) is 2. The van der Waals surface area contributed by atoms with E-state index in [-0.39, 0.29) is 0 Å². The Labute approximate surface area is 101 Å². The SMILES string of the molecule is c1ccc(C2=Nc3ccccc3CCC2)nc1. The van der Waals surface area contributed by atoms with Crippen molar-refractivity contribution >= 4 is 11.4 Å². The minimum absolute atomic E-state index is 1.00. The number of hydrogen-bond donors (Lipinski definition) is 0. The molecule has 1 aliphatic heterocycles. The maximum Gasteiger partial charge on any atom is 0.0844 e. The van der Waals surface area contributed by atoms with E-state index in [2.05, 4.69) is 23.2 Å². The molecule has 2 aromatic rings. The Kier molecular flexibility index (Phi) is 2.70. The standard InChI is InChI=1S/C15H14N2/c1-2-8-13-12(6-1)7-5-10-15(17-13)14-9-3-4-11-16-14/h1-4,6,8-9,11H,5,7,10H2. The van der Waals surface area contributed by atoms with Crippen LogP contribution in [0.3, 0.4) is 0 Å². The van der Waals surface area contributed by atoms with Gasteiger partial charge in [0.05, 0.1) is 17.1 Å². The lowest BCUT2D eigenvalue weighted by molar-refractivity contribution is 0.876. The first kappa shape index (κ1) is 10.2. The number of pyridine rings is 1. The van der Waals surface area contributed by atoms with Crippen LogP contribution in [0.1, 0.15) is 24.1 Å². The Morgan fingerprint density at radius 3 is 2.65 bits per heavy atom. The molecule has 0 atom stereocenters. The van der Waals surface area contributed by atoms with Crippen molar-refractivity contribution in [3.8, 4) is 0 Å². The monoisotopic (exact) mass is 222 g/mol. The van der Waals surface area contributed by atoms with Crippen LogP contribution in [0.5, 0.6) is 0 Å². The second-order valence-corrected chi connectivity index (χ2v) is 4.26. The first-order valence-corrected chi connectivity index (χ1v) is 6.00. The molecule has 0 N–H and O–H groups in total. The molecule has 0 saturated carbocycles. The first-order valence-electron chi connectivity index (χ1n) is 6.00. The summed E-state index contributed by atoms with van der Waals surface area (Å²) >= 11 is 0. The van der Waals surface area contributed by atoms with E-state index in [0.717, 1.165) is 36.4 Å². The fourth-order valence-electron chi connectivity index (χ4n) is 2.20. The van der Waals surface area contributed by atoms with Crippen molar-refractivity contribution < 1.29 is 0 Å². The number of para-hydroxylation sites is 1. The van der Waals surface area contributed by atoms with E-state index in [1.165, 1.54) is 5.56 Å². The fraction of sp³-hybridized carbons (Fsp3) is 0.200. The van der Waals surface area contributed by atoms with Gasteiger partial charge < -0.3 is 0 Å².